The lowest BCUT2D eigenvalue weighted by Crippen LogP contribution is -2.60. The summed E-state index contributed by atoms with van der Waals surface area (Å²) in [7, 11) is 3.62. The standard InChI is InChI=1S/C20H24N2O3/c1-21-17-12-22(10-9-19(17)25-13-20(21)23)11-16-15-6-4-3-5-14(15)7-8-18(16)24-2/h3-8,17,19H,9-13H2,1-2H3/t17-,19+/m0/s1. The van der Waals surface area contributed by atoms with Gasteiger partial charge in [-0.15, -0.1) is 0 Å². The molecule has 0 N–H and O–H groups in total. The van der Waals surface area contributed by atoms with E-state index in [4.69, 9.17) is 9.47 Å². The molecule has 2 aliphatic rings. The minimum Gasteiger partial charge on any atom is -0.496 e. The highest BCUT2D eigenvalue weighted by Crippen LogP contribution is 2.31. The normalized spacial score (nSPS) is 24.4. The highest BCUT2D eigenvalue weighted by molar-refractivity contribution is 5.87. The fourth-order valence-electron chi connectivity index (χ4n) is 4.04. The van der Waals surface area contributed by atoms with Crippen molar-refractivity contribution in [2.45, 2.75) is 25.1 Å². The van der Waals surface area contributed by atoms with Gasteiger partial charge in [0, 0.05) is 32.2 Å². The van der Waals surface area contributed by atoms with Crippen molar-refractivity contribution in [2.75, 3.05) is 33.9 Å². The highest BCUT2D eigenvalue weighted by Gasteiger charge is 2.38. The molecule has 25 heavy (non-hydrogen) atoms. The molecule has 1 amide bonds. The van der Waals surface area contributed by atoms with E-state index in [-0.39, 0.29) is 24.7 Å². The largest absolute Gasteiger partial charge is 0.496 e. The van der Waals surface area contributed by atoms with Crippen molar-refractivity contribution < 1.29 is 14.3 Å². The molecule has 5 nitrogen and oxygen atoms in total. The molecule has 0 saturated carbocycles. The maximum atomic E-state index is 12.0. The number of carbonyl (C=O) groups excluding carboxylic acids is 1. The van der Waals surface area contributed by atoms with Crippen LogP contribution < -0.4 is 4.74 Å². The van der Waals surface area contributed by atoms with E-state index >= 15 is 0 Å². The van der Waals surface area contributed by atoms with Crippen LogP contribution in [0.1, 0.15) is 12.0 Å². The summed E-state index contributed by atoms with van der Waals surface area (Å²) in [6.07, 6.45) is 1.11. The number of amides is 1. The summed E-state index contributed by atoms with van der Waals surface area (Å²) in [5.74, 6) is 0.996. The molecule has 0 unspecified atom stereocenters. The lowest BCUT2D eigenvalue weighted by Gasteiger charge is -2.45. The summed E-state index contributed by atoms with van der Waals surface area (Å²) in [6.45, 7) is 2.83. The van der Waals surface area contributed by atoms with Crippen LogP contribution in [0.3, 0.4) is 0 Å². The number of ether oxygens (including phenoxy) is 2. The number of benzene rings is 2. The number of fused-ring (bicyclic) bond motifs is 2. The Balaban J connectivity index is 1.60. The van der Waals surface area contributed by atoms with Crippen LogP contribution >= 0.6 is 0 Å². The average Bonchev–Trinajstić information content (AvgIpc) is 2.65. The number of hydrogen-bond acceptors (Lipinski definition) is 4. The Morgan fingerprint density at radius 1 is 1.24 bits per heavy atom. The molecule has 4 rings (SSSR count). The summed E-state index contributed by atoms with van der Waals surface area (Å²) in [4.78, 5) is 16.2. The monoisotopic (exact) mass is 340 g/mol. The third kappa shape index (κ3) is 2.98. The third-order valence-corrected chi connectivity index (χ3v) is 5.52. The zero-order chi connectivity index (χ0) is 17.4. The molecule has 2 aromatic rings. The van der Waals surface area contributed by atoms with Crippen molar-refractivity contribution in [3.05, 3.63) is 42.0 Å². The lowest BCUT2D eigenvalue weighted by atomic mass is 9.97. The van der Waals surface area contributed by atoms with E-state index in [1.54, 1.807) is 7.11 Å². The fourth-order valence-corrected chi connectivity index (χ4v) is 4.04. The Morgan fingerprint density at radius 3 is 2.92 bits per heavy atom. The second kappa shape index (κ2) is 6.65. The summed E-state index contributed by atoms with van der Waals surface area (Å²) < 4.78 is 11.4. The number of piperidine rings is 1. The minimum atomic E-state index is 0.0749. The molecule has 0 bridgehead atoms. The molecule has 2 fully saturated rings. The fraction of sp³-hybridized carbons (Fsp3) is 0.450. The van der Waals surface area contributed by atoms with Crippen molar-refractivity contribution in [1.29, 1.82) is 0 Å². The molecule has 5 heteroatoms. The molecular weight excluding hydrogens is 316 g/mol. The minimum absolute atomic E-state index is 0.0749. The Labute approximate surface area is 148 Å². The SMILES string of the molecule is COc1ccc2ccccc2c1CN1CC[C@H]2OCC(=O)N(C)[C@H]2C1. The Hall–Kier alpha value is -2.11. The summed E-state index contributed by atoms with van der Waals surface area (Å²) in [6, 6.07) is 12.7. The van der Waals surface area contributed by atoms with Gasteiger partial charge in [-0.1, -0.05) is 30.3 Å². The van der Waals surface area contributed by atoms with Crippen LogP contribution in [-0.2, 0) is 16.1 Å². The van der Waals surface area contributed by atoms with Gasteiger partial charge in [0.15, 0.2) is 0 Å². The van der Waals surface area contributed by atoms with Gasteiger partial charge in [-0.25, -0.2) is 0 Å². The molecule has 0 spiro atoms. The number of methoxy groups -OCH3 is 1. The molecule has 2 heterocycles. The number of rotatable bonds is 3. The molecule has 2 aliphatic heterocycles. The maximum absolute atomic E-state index is 12.0. The molecule has 0 aromatic heterocycles. The van der Waals surface area contributed by atoms with Crippen LogP contribution in [0.4, 0.5) is 0 Å². The van der Waals surface area contributed by atoms with Gasteiger partial charge >= 0.3 is 0 Å². The van der Waals surface area contributed by atoms with Crippen LogP contribution in [0.2, 0.25) is 0 Å². The first-order valence-corrected chi connectivity index (χ1v) is 8.81. The number of likely N-dealkylation sites (tertiary alicyclic amines) is 1. The van der Waals surface area contributed by atoms with Crippen molar-refractivity contribution in [1.82, 2.24) is 9.80 Å². The summed E-state index contributed by atoms with van der Waals surface area (Å²) in [5.41, 5.74) is 1.21. The van der Waals surface area contributed by atoms with Crippen LogP contribution in [0, 0.1) is 0 Å². The summed E-state index contributed by atoms with van der Waals surface area (Å²) in [5, 5.41) is 2.45. The van der Waals surface area contributed by atoms with Crippen LogP contribution in [0.5, 0.6) is 5.75 Å². The van der Waals surface area contributed by atoms with E-state index in [0.29, 0.717) is 0 Å². The predicted molar refractivity (Wildman–Crippen MR) is 96.7 cm³/mol. The Morgan fingerprint density at radius 2 is 2.08 bits per heavy atom. The van der Waals surface area contributed by atoms with Gasteiger partial charge in [0.1, 0.15) is 12.4 Å². The second-order valence-corrected chi connectivity index (χ2v) is 6.91. The maximum Gasteiger partial charge on any atom is 0.248 e. The highest BCUT2D eigenvalue weighted by atomic mass is 16.5. The topological polar surface area (TPSA) is 42.0 Å². The smallest absolute Gasteiger partial charge is 0.248 e. The molecule has 0 radical (unpaired) electrons. The van der Waals surface area contributed by atoms with Crippen molar-refractivity contribution in [2.24, 2.45) is 0 Å². The van der Waals surface area contributed by atoms with E-state index in [0.717, 1.165) is 31.8 Å². The Kier molecular flexibility index (Phi) is 4.36. The quantitative estimate of drug-likeness (QED) is 0.860. The van der Waals surface area contributed by atoms with Gasteiger partial charge in [0.25, 0.3) is 0 Å². The number of likely N-dealkylation sites (N-methyl/N-ethyl adjacent to an activating group) is 1. The second-order valence-electron chi connectivity index (χ2n) is 6.91. The van der Waals surface area contributed by atoms with E-state index in [2.05, 4.69) is 35.2 Å². The van der Waals surface area contributed by atoms with E-state index < -0.39 is 0 Å². The molecule has 2 saturated heterocycles. The number of morpholine rings is 1. The van der Waals surface area contributed by atoms with Gasteiger partial charge in [0.05, 0.1) is 19.3 Å². The van der Waals surface area contributed by atoms with E-state index in [9.17, 15) is 4.79 Å². The molecule has 132 valence electrons. The molecule has 2 aromatic carbocycles. The van der Waals surface area contributed by atoms with E-state index in [1.807, 2.05) is 18.0 Å². The van der Waals surface area contributed by atoms with Gasteiger partial charge < -0.3 is 14.4 Å². The first kappa shape index (κ1) is 16.4. The number of carbonyl (C=O) groups is 1. The lowest BCUT2D eigenvalue weighted by molar-refractivity contribution is -0.160. The van der Waals surface area contributed by atoms with Gasteiger partial charge in [-0.05, 0) is 23.3 Å². The van der Waals surface area contributed by atoms with Crippen LogP contribution in [-0.4, -0.2) is 61.7 Å². The van der Waals surface area contributed by atoms with Crippen molar-refractivity contribution in [3.63, 3.8) is 0 Å². The van der Waals surface area contributed by atoms with Gasteiger partial charge in [-0.3, -0.25) is 9.69 Å². The van der Waals surface area contributed by atoms with Gasteiger partial charge in [-0.2, -0.15) is 0 Å². The zero-order valence-electron chi connectivity index (χ0n) is 14.8. The number of nitrogens with zero attached hydrogens (tertiary/aromatic N) is 2. The van der Waals surface area contributed by atoms with Crippen LogP contribution in [0.25, 0.3) is 10.8 Å². The van der Waals surface area contributed by atoms with Crippen molar-refractivity contribution >= 4 is 16.7 Å². The number of hydrogen-bond donors (Lipinski definition) is 0. The van der Waals surface area contributed by atoms with Crippen LogP contribution in [0.15, 0.2) is 36.4 Å². The Bertz CT molecular complexity index is 792. The molecule has 2 atom stereocenters. The average molecular weight is 340 g/mol. The zero-order valence-corrected chi connectivity index (χ0v) is 14.8. The van der Waals surface area contributed by atoms with Gasteiger partial charge in [0.2, 0.25) is 5.91 Å². The first-order valence-electron chi connectivity index (χ1n) is 8.81. The van der Waals surface area contributed by atoms with E-state index in [1.165, 1.54) is 16.3 Å². The summed E-state index contributed by atoms with van der Waals surface area (Å²) >= 11 is 0. The predicted octanol–water partition coefficient (Wildman–Crippen LogP) is 2.28. The molecule has 0 aliphatic carbocycles. The van der Waals surface area contributed by atoms with Crippen molar-refractivity contribution in [3.8, 4) is 5.75 Å². The third-order valence-electron chi connectivity index (χ3n) is 5.52. The first-order chi connectivity index (χ1) is 12.2. The molecular formula is C20H24N2O3.